The van der Waals surface area contributed by atoms with Gasteiger partial charge in [0, 0.05) is 0 Å². The summed E-state index contributed by atoms with van der Waals surface area (Å²) >= 11 is 0. The molecule has 112 valence electrons. The number of benzene rings is 1. The lowest BCUT2D eigenvalue weighted by molar-refractivity contribution is -0.162. The maximum Gasteiger partial charge on any atom is 0.417 e. The van der Waals surface area contributed by atoms with Crippen molar-refractivity contribution >= 4 is 0 Å². The van der Waals surface area contributed by atoms with Gasteiger partial charge in [-0.3, -0.25) is 0 Å². The van der Waals surface area contributed by atoms with Crippen molar-refractivity contribution in [2.24, 2.45) is 0 Å². The average molecular weight is 288 g/mol. The number of hydrogen-bond donors (Lipinski definition) is 0. The van der Waals surface area contributed by atoms with Crippen LogP contribution in [0.25, 0.3) is 0 Å². The molecule has 1 aromatic rings. The molecule has 0 spiro atoms. The van der Waals surface area contributed by atoms with Crippen LogP contribution in [0.5, 0.6) is 0 Å². The second kappa shape index (κ2) is 8.07. The number of hydrogen-bond acceptors (Lipinski definition) is 0. The van der Waals surface area contributed by atoms with Gasteiger partial charge in [0.25, 0.3) is 0 Å². The summed E-state index contributed by atoms with van der Waals surface area (Å²) in [5, 5.41) is 0. The van der Waals surface area contributed by atoms with Gasteiger partial charge < -0.3 is 0 Å². The second-order valence-corrected chi connectivity index (χ2v) is 3.04. The molecular weight excluding hydrogens is 270 g/mol. The summed E-state index contributed by atoms with van der Waals surface area (Å²) in [6.45, 7) is 9.30. The summed E-state index contributed by atoms with van der Waals surface area (Å²) < 4.78 is 73.4. The van der Waals surface area contributed by atoms with E-state index < -0.39 is 23.5 Å². The Labute approximate surface area is 109 Å². The Kier molecular flexibility index (Phi) is 8.55. The highest BCUT2D eigenvalue weighted by molar-refractivity contribution is 5.35. The molecule has 0 amide bonds. The Morgan fingerprint density at radius 3 is 1.37 bits per heavy atom. The van der Waals surface area contributed by atoms with E-state index in [1.807, 2.05) is 27.7 Å². The molecule has 0 aromatic heterocycles. The third-order valence-electron chi connectivity index (χ3n) is 1.79. The first-order valence-electron chi connectivity index (χ1n) is 5.87. The van der Waals surface area contributed by atoms with Crippen LogP contribution in [0.3, 0.4) is 0 Å². The van der Waals surface area contributed by atoms with Gasteiger partial charge in [-0.2, -0.15) is 26.3 Å². The van der Waals surface area contributed by atoms with E-state index in [-0.39, 0.29) is 5.56 Å². The summed E-state index contributed by atoms with van der Waals surface area (Å²) in [6.07, 6.45) is -9.98. The number of rotatable bonds is 0. The molecule has 6 heteroatoms. The molecule has 0 saturated heterocycles. The van der Waals surface area contributed by atoms with Gasteiger partial charge in [0.2, 0.25) is 0 Å². The fourth-order valence-electron chi connectivity index (χ4n) is 1.14. The molecule has 0 fully saturated rings. The first kappa shape index (κ1) is 20.1. The molecule has 1 rings (SSSR count). The molecule has 0 aliphatic heterocycles. The van der Waals surface area contributed by atoms with Gasteiger partial charge in [0.15, 0.2) is 0 Å². The molecule has 0 nitrogen and oxygen atoms in total. The van der Waals surface area contributed by atoms with Crippen LogP contribution in [0.4, 0.5) is 26.3 Å². The van der Waals surface area contributed by atoms with Crippen LogP contribution in [-0.4, -0.2) is 0 Å². The van der Waals surface area contributed by atoms with Crippen molar-refractivity contribution in [1.29, 1.82) is 0 Å². The first-order valence-corrected chi connectivity index (χ1v) is 5.87. The Balaban J connectivity index is 0. The third-order valence-corrected chi connectivity index (χ3v) is 1.79. The minimum absolute atomic E-state index is 0.135. The molecule has 0 aliphatic carbocycles. The van der Waals surface area contributed by atoms with Crippen LogP contribution < -0.4 is 0 Å². The Bertz CT molecular complexity index is 362. The third kappa shape index (κ3) is 6.50. The molecule has 0 aliphatic rings. The minimum Gasteiger partial charge on any atom is -0.166 e. The molecule has 0 heterocycles. The van der Waals surface area contributed by atoms with Crippen molar-refractivity contribution in [2.75, 3.05) is 0 Å². The second-order valence-electron chi connectivity index (χ2n) is 3.04. The number of alkyl halides is 6. The van der Waals surface area contributed by atoms with E-state index in [4.69, 9.17) is 0 Å². The van der Waals surface area contributed by atoms with Crippen molar-refractivity contribution in [2.45, 2.75) is 47.0 Å². The zero-order chi connectivity index (χ0) is 15.9. The van der Waals surface area contributed by atoms with Crippen LogP contribution >= 0.6 is 0 Å². The summed E-state index contributed by atoms with van der Waals surface area (Å²) in [7, 11) is 0. The molecule has 0 saturated carbocycles. The Morgan fingerprint density at radius 1 is 0.684 bits per heavy atom. The summed E-state index contributed by atoms with van der Waals surface area (Å²) in [5.74, 6) is 0. The zero-order valence-corrected chi connectivity index (χ0v) is 11.5. The topological polar surface area (TPSA) is 0 Å². The maximum absolute atomic E-state index is 12.3. The van der Waals surface area contributed by atoms with Crippen molar-refractivity contribution in [3.63, 3.8) is 0 Å². The summed E-state index contributed by atoms with van der Waals surface area (Å²) in [6, 6.07) is 1.93. The SMILES string of the molecule is CC.CC.Cc1ccc(C(F)(F)F)c(C(F)(F)F)c1. The number of halogens is 6. The monoisotopic (exact) mass is 288 g/mol. The van der Waals surface area contributed by atoms with E-state index in [2.05, 4.69) is 0 Å². The largest absolute Gasteiger partial charge is 0.417 e. The highest BCUT2D eigenvalue weighted by Gasteiger charge is 2.42. The fourth-order valence-corrected chi connectivity index (χ4v) is 1.14. The number of aryl methyl sites for hydroxylation is 1. The van der Waals surface area contributed by atoms with Gasteiger partial charge in [-0.05, 0) is 19.1 Å². The lowest BCUT2D eigenvalue weighted by atomic mass is 10.0. The smallest absolute Gasteiger partial charge is 0.166 e. The van der Waals surface area contributed by atoms with Crippen molar-refractivity contribution < 1.29 is 26.3 Å². The molecule has 1 aromatic carbocycles. The first-order chi connectivity index (χ1) is 8.62. The van der Waals surface area contributed by atoms with Gasteiger partial charge in [-0.1, -0.05) is 39.3 Å². The van der Waals surface area contributed by atoms with E-state index in [1.54, 1.807) is 0 Å². The standard InChI is InChI=1S/C9H6F6.2C2H6/c1-5-2-3-6(8(10,11)12)7(4-5)9(13,14)15;2*1-2/h2-4H,1H3;2*1-2H3. The molecule has 0 bridgehead atoms. The lowest BCUT2D eigenvalue weighted by Crippen LogP contribution is -2.16. The van der Waals surface area contributed by atoms with Crippen molar-refractivity contribution in [3.05, 3.63) is 34.9 Å². The van der Waals surface area contributed by atoms with E-state index >= 15 is 0 Å². The molecular formula is C13H18F6. The van der Waals surface area contributed by atoms with E-state index in [0.717, 1.165) is 6.07 Å². The lowest BCUT2D eigenvalue weighted by Gasteiger charge is -2.15. The predicted molar refractivity (Wildman–Crippen MR) is 63.9 cm³/mol. The van der Waals surface area contributed by atoms with Crippen molar-refractivity contribution in [3.8, 4) is 0 Å². The molecule has 0 unspecified atom stereocenters. The van der Waals surface area contributed by atoms with E-state index in [9.17, 15) is 26.3 Å². The van der Waals surface area contributed by atoms with Gasteiger partial charge in [0.05, 0.1) is 11.1 Å². The van der Waals surface area contributed by atoms with E-state index in [1.165, 1.54) is 6.92 Å². The fraction of sp³-hybridized carbons (Fsp3) is 0.538. The highest BCUT2D eigenvalue weighted by Crippen LogP contribution is 2.40. The van der Waals surface area contributed by atoms with Crippen LogP contribution in [0.2, 0.25) is 0 Å². The Morgan fingerprint density at radius 2 is 1.05 bits per heavy atom. The molecule has 19 heavy (non-hydrogen) atoms. The predicted octanol–water partition coefficient (Wildman–Crippen LogP) is 6.09. The molecule has 0 radical (unpaired) electrons. The zero-order valence-electron chi connectivity index (χ0n) is 11.5. The summed E-state index contributed by atoms with van der Waals surface area (Å²) in [5.41, 5.74) is -3.16. The van der Waals surface area contributed by atoms with Crippen LogP contribution in [0, 0.1) is 6.92 Å². The quantitative estimate of drug-likeness (QED) is 0.507. The summed E-state index contributed by atoms with van der Waals surface area (Å²) in [4.78, 5) is 0. The van der Waals surface area contributed by atoms with Crippen molar-refractivity contribution in [1.82, 2.24) is 0 Å². The average Bonchev–Trinajstić information content (AvgIpc) is 2.31. The van der Waals surface area contributed by atoms with Crippen LogP contribution in [-0.2, 0) is 12.4 Å². The van der Waals surface area contributed by atoms with Gasteiger partial charge in [0.1, 0.15) is 0 Å². The van der Waals surface area contributed by atoms with Gasteiger partial charge in [-0.15, -0.1) is 0 Å². The minimum atomic E-state index is -4.99. The maximum atomic E-state index is 12.3. The molecule has 0 N–H and O–H groups in total. The van der Waals surface area contributed by atoms with Crippen LogP contribution in [0.1, 0.15) is 44.4 Å². The van der Waals surface area contributed by atoms with Gasteiger partial charge in [-0.25, -0.2) is 0 Å². The normalized spacial score (nSPS) is 10.9. The molecule has 0 atom stereocenters. The van der Waals surface area contributed by atoms with Crippen LogP contribution in [0.15, 0.2) is 18.2 Å². The van der Waals surface area contributed by atoms with Gasteiger partial charge >= 0.3 is 12.4 Å². The highest BCUT2D eigenvalue weighted by atomic mass is 19.4. The Hall–Kier alpha value is -1.20. The van der Waals surface area contributed by atoms with E-state index in [0.29, 0.717) is 12.1 Å².